The second-order valence-corrected chi connectivity index (χ2v) is 7.85. The van der Waals surface area contributed by atoms with Crippen molar-refractivity contribution in [2.45, 2.75) is 51.6 Å². The standard InChI is InChI=1S/C19H28N4O3/c1-13(24)22-6-2-14(3-7-22)10-18(25)23-8-4-15(11-23)19-16-12-26-9-5-17(16)20-21-19/h14-15H,2-12H2,1H3,(H,20,21). The smallest absolute Gasteiger partial charge is 0.222 e. The van der Waals surface area contributed by atoms with E-state index in [9.17, 15) is 9.59 Å². The molecule has 1 atom stereocenters. The molecule has 0 spiro atoms. The van der Waals surface area contributed by atoms with Gasteiger partial charge >= 0.3 is 0 Å². The Kier molecular flexibility index (Phi) is 4.98. The van der Waals surface area contributed by atoms with Gasteiger partial charge in [-0.3, -0.25) is 14.7 Å². The molecule has 2 fully saturated rings. The fourth-order valence-electron chi connectivity index (χ4n) is 4.51. The summed E-state index contributed by atoms with van der Waals surface area (Å²) in [6.07, 6.45) is 4.36. The van der Waals surface area contributed by atoms with E-state index < -0.39 is 0 Å². The number of nitrogens with zero attached hydrogens (tertiary/aromatic N) is 3. The molecule has 0 bridgehead atoms. The van der Waals surface area contributed by atoms with Crippen molar-refractivity contribution >= 4 is 11.8 Å². The fourth-order valence-corrected chi connectivity index (χ4v) is 4.51. The molecule has 0 aliphatic carbocycles. The Morgan fingerprint density at radius 1 is 1.19 bits per heavy atom. The lowest BCUT2D eigenvalue weighted by Crippen LogP contribution is -2.39. The number of amides is 2. The average Bonchev–Trinajstić information content (AvgIpc) is 3.29. The van der Waals surface area contributed by atoms with Gasteiger partial charge in [-0.25, -0.2) is 0 Å². The van der Waals surface area contributed by atoms with Crippen molar-refractivity contribution in [2.24, 2.45) is 5.92 Å². The highest BCUT2D eigenvalue weighted by Gasteiger charge is 2.33. The first-order valence-electron chi connectivity index (χ1n) is 9.79. The van der Waals surface area contributed by atoms with Gasteiger partial charge in [-0.15, -0.1) is 0 Å². The molecule has 3 aliphatic heterocycles. The topological polar surface area (TPSA) is 78.5 Å². The molecule has 3 aliphatic rings. The maximum absolute atomic E-state index is 12.7. The van der Waals surface area contributed by atoms with E-state index in [0.29, 0.717) is 24.9 Å². The Bertz CT molecular complexity index is 678. The van der Waals surface area contributed by atoms with E-state index in [1.807, 2.05) is 9.80 Å². The van der Waals surface area contributed by atoms with Gasteiger partial charge in [-0.1, -0.05) is 0 Å². The summed E-state index contributed by atoms with van der Waals surface area (Å²) >= 11 is 0. The fraction of sp³-hybridized carbons (Fsp3) is 0.737. The predicted octanol–water partition coefficient (Wildman–Crippen LogP) is 1.45. The number of fused-ring (bicyclic) bond motifs is 1. The molecular weight excluding hydrogens is 332 g/mol. The maximum atomic E-state index is 12.7. The summed E-state index contributed by atoms with van der Waals surface area (Å²) in [6.45, 7) is 6.17. The number of aromatic nitrogens is 2. The highest BCUT2D eigenvalue weighted by atomic mass is 16.5. The highest BCUT2D eigenvalue weighted by molar-refractivity contribution is 5.77. The Hall–Kier alpha value is -1.89. The molecule has 7 nitrogen and oxygen atoms in total. The lowest BCUT2D eigenvalue weighted by atomic mass is 9.93. The number of rotatable bonds is 3. The Morgan fingerprint density at radius 2 is 1.96 bits per heavy atom. The number of piperidine rings is 1. The SMILES string of the molecule is CC(=O)N1CCC(CC(=O)N2CCC(c3n[nH]c4c3COCC4)C2)CC1. The molecule has 2 amide bonds. The highest BCUT2D eigenvalue weighted by Crippen LogP contribution is 2.32. The maximum Gasteiger partial charge on any atom is 0.222 e. The molecule has 0 saturated carbocycles. The normalized spacial score (nSPS) is 24.0. The molecule has 1 N–H and O–H groups in total. The minimum atomic E-state index is 0.142. The third kappa shape index (κ3) is 3.49. The van der Waals surface area contributed by atoms with Crippen LogP contribution >= 0.6 is 0 Å². The van der Waals surface area contributed by atoms with Gasteiger partial charge in [0.2, 0.25) is 11.8 Å². The van der Waals surface area contributed by atoms with Crippen molar-refractivity contribution in [1.82, 2.24) is 20.0 Å². The number of aromatic amines is 1. The second-order valence-electron chi connectivity index (χ2n) is 7.85. The van der Waals surface area contributed by atoms with Gasteiger partial charge in [-0.2, -0.15) is 5.10 Å². The minimum absolute atomic E-state index is 0.142. The lowest BCUT2D eigenvalue weighted by Gasteiger charge is -2.31. The zero-order valence-electron chi connectivity index (χ0n) is 15.5. The summed E-state index contributed by atoms with van der Waals surface area (Å²) in [6, 6.07) is 0. The Morgan fingerprint density at radius 3 is 2.73 bits per heavy atom. The molecule has 0 aromatic carbocycles. The molecule has 142 valence electrons. The quantitative estimate of drug-likeness (QED) is 0.885. The van der Waals surface area contributed by atoms with E-state index >= 15 is 0 Å². The number of hydrogen-bond acceptors (Lipinski definition) is 4. The lowest BCUT2D eigenvalue weighted by molar-refractivity contribution is -0.132. The number of carbonyl (C=O) groups excluding carboxylic acids is 2. The molecule has 4 heterocycles. The average molecular weight is 360 g/mol. The molecule has 1 unspecified atom stereocenters. The van der Waals surface area contributed by atoms with E-state index in [4.69, 9.17) is 4.74 Å². The molecular formula is C19H28N4O3. The van der Waals surface area contributed by atoms with Crippen molar-refractivity contribution in [3.05, 3.63) is 17.0 Å². The van der Waals surface area contributed by atoms with Crippen LogP contribution < -0.4 is 0 Å². The van der Waals surface area contributed by atoms with Crippen LogP contribution in [0, 0.1) is 5.92 Å². The zero-order valence-corrected chi connectivity index (χ0v) is 15.5. The van der Waals surface area contributed by atoms with Gasteiger partial charge in [0.15, 0.2) is 0 Å². The number of H-pyrrole nitrogens is 1. The molecule has 4 rings (SSSR count). The van der Waals surface area contributed by atoms with E-state index in [1.165, 1.54) is 11.3 Å². The second kappa shape index (κ2) is 7.39. The van der Waals surface area contributed by atoms with Gasteiger partial charge in [0, 0.05) is 63.1 Å². The van der Waals surface area contributed by atoms with Gasteiger partial charge in [-0.05, 0) is 25.2 Å². The van der Waals surface area contributed by atoms with Gasteiger partial charge in [0.25, 0.3) is 0 Å². The number of likely N-dealkylation sites (tertiary alicyclic amines) is 2. The first kappa shape index (κ1) is 17.5. The van der Waals surface area contributed by atoms with Crippen molar-refractivity contribution < 1.29 is 14.3 Å². The largest absolute Gasteiger partial charge is 0.376 e. The van der Waals surface area contributed by atoms with Crippen LogP contribution in [0.4, 0.5) is 0 Å². The van der Waals surface area contributed by atoms with Crippen molar-refractivity contribution in [3.8, 4) is 0 Å². The Balaban J connectivity index is 1.31. The number of ether oxygens (including phenoxy) is 1. The van der Waals surface area contributed by atoms with Gasteiger partial charge in [0.1, 0.15) is 0 Å². The van der Waals surface area contributed by atoms with Crippen LogP contribution in [0.25, 0.3) is 0 Å². The monoisotopic (exact) mass is 360 g/mol. The van der Waals surface area contributed by atoms with E-state index in [1.54, 1.807) is 6.92 Å². The van der Waals surface area contributed by atoms with Crippen LogP contribution in [0.2, 0.25) is 0 Å². The summed E-state index contributed by atoms with van der Waals surface area (Å²) in [5.41, 5.74) is 3.52. The van der Waals surface area contributed by atoms with E-state index in [-0.39, 0.29) is 11.8 Å². The molecule has 2 saturated heterocycles. The van der Waals surface area contributed by atoms with Crippen molar-refractivity contribution in [2.75, 3.05) is 32.8 Å². The third-order valence-corrected chi connectivity index (χ3v) is 6.18. The van der Waals surface area contributed by atoms with Crippen LogP contribution in [0.15, 0.2) is 0 Å². The molecule has 0 radical (unpaired) electrons. The van der Waals surface area contributed by atoms with Gasteiger partial charge in [0.05, 0.1) is 18.9 Å². The number of hydrogen-bond donors (Lipinski definition) is 1. The van der Waals surface area contributed by atoms with Crippen LogP contribution in [-0.4, -0.2) is 64.6 Å². The van der Waals surface area contributed by atoms with Gasteiger partial charge < -0.3 is 14.5 Å². The van der Waals surface area contributed by atoms with Crippen LogP contribution in [-0.2, 0) is 27.4 Å². The summed E-state index contributed by atoms with van der Waals surface area (Å²) in [7, 11) is 0. The summed E-state index contributed by atoms with van der Waals surface area (Å²) < 4.78 is 5.59. The summed E-state index contributed by atoms with van der Waals surface area (Å²) in [4.78, 5) is 28.0. The van der Waals surface area contributed by atoms with Crippen molar-refractivity contribution in [1.29, 1.82) is 0 Å². The molecule has 7 heteroatoms. The van der Waals surface area contributed by atoms with Crippen LogP contribution in [0.5, 0.6) is 0 Å². The van der Waals surface area contributed by atoms with Crippen LogP contribution in [0.3, 0.4) is 0 Å². The minimum Gasteiger partial charge on any atom is -0.376 e. The summed E-state index contributed by atoms with van der Waals surface area (Å²) in [5.74, 6) is 1.13. The molecule has 26 heavy (non-hydrogen) atoms. The van der Waals surface area contributed by atoms with Crippen molar-refractivity contribution in [3.63, 3.8) is 0 Å². The number of carbonyl (C=O) groups is 2. The van der Waals surface area contributed by atoms with E-state index in [2.05, 4.69) is 10.2 Å². The Labute approximate surface area is 154 Å². The van der Waals surface area contributed by atoms with Crippen LogP contribution in [0.1, 0.15) is 55.5 Å². The predicted molar refractivity (Wildman–Crippen MR) is 95.5 cm³/mol. The third-order valence-electron chi connectivity index (χ3n) is 6.18. The first-order valence-corrected chi connectivity index (χ1v) is 9.79. The molecule has 1 aromatic rings. The first-order chi connectivity index (χ1) is 12.6. The summed E-state index contributed by atoms with van der Waals surface area (Å²) in [5, 5.41) is 7.69. The molecule has 1 aromatic heterocycles. The van der Waals surface area contributed by atoms with E-state index in [0.717, 1.165) is 64.2 Å². The number of nitrogens with one attached hydrogen (secondary N) is 1. The zero-order chi connectivity index (χ0) is 18.1.